The Bertz CT molecular complexity index is 1280. The first kappa shape index (κ1) is 28.1. The highest BCUT2D eigenvalue weighted by Crippen LogP contribution is 2.25. The Kier molecular flexibility index (Phi) is 9.19. The fourth-order valence-corrected chi connectivity index (χ4v) is 4.80. The number of rotatable bonds is 11. The lowest BCUT2D eigenvalue weighted by molar-refractivity contribution is 0.0963. The number of methoxy groups -OCH3 is 1. The quantitative estimate of drug-likeness (QED) is 0.337. The van der Waals surface area contributed by atoms with Gasteiger partial charge < -0.3 is 25.6 Å². The third kappa shape index (κ3) is 7.35. The summed E-state index contributed by atoms with van der Waals surface area (Å²) in [5, 5.41) is 9.55. The SMILES string of the molecule is CNC(=O)c1ccc(C)c(Nc2nc(N[C@H]3CCN(Cc4ccccc4OC)C3)nc(N(C)CC(C)C)n2)c1. The second-order valence-electron chi connectivity index (χ2n) is 10.5. The lowest BCUT2D eigenvalue weighted by Gasteiger charge is -2.22. The molecule has 0 aliphatic carbocycles. The van der Waals surface area contributed by atoms with Crippen molar-refractivity contribution in [3.05, 3.63) is 59.2 Å². The molecule has 10 heteroatoms. The molecule has 10 nitrogen and oxygen atoms in total. The molecule has 39 heavy (non-hydrogen) atoms. The van der Waals surface area contributed by atoms with E-state index in [1.807, 2.05) is 49.2 Å². The van der Waals surface area contributed by atoms with E-state index in [0.717, 1.165) is 49.6 Å². The molecule has 0 spiro atoms. The molecular formula is C29H40N8O2. The molecule has 1 atom stereocenters. The van der Waals surface area contributed by atoms with Crippen LogP contribution in [-0.4, -0.2) is 72.6 Å². The third-order valence-electron chi connectivity index (χ3n) is 6.77. The number of aromatic nitrogens is 3. The summed E-state index contributed by atoms with van der Waals surface area (Å²) in [5.74, 6) is 2.77. The van der Waals surface area contributed by atoms with Crippen LogP contribution in [0.1, 0.15) is 41.8 Å². The zero-order chi connectivity index (χ0) is 27.9. The smallest absolute Gasteiger partial charge is 0.251 e. The molecule has 3 aromatic rings. The number of nitrogens with zero attached hydrogens (tertiary/aromatic N) is 5. The molecule has 1 amide bonds. The standard InChI is InChI=1S/C29H40N8O2/c1-19(2)16-36(5)29-34-27(31-23-13-14-37(18-23)17-22-9-7-8-10-25(22)39-6)33-28(35-29)32-24-15-21(26(38)30-4)12-11-20(24)3/h7-12,15,19,23H,13-14,16-18H2,1-6H3,(H,30,38)(H2,31,32,33,34,35)/t23-/m0/s1. The molecule has 1 saturated heterocycles. The van der Waals surface area contributed by atoms with Gasteiger partial charge in [0.15, 0.2) is 0 Å². The van der Waals surface area contributed by atoms with Crippen molar-refractivity contribution in [2.45, 2.75) is 39.8 Å². The number of likely N-dealkylation sites (tertiary alicyclic amines) is 1. The Morgan fingerprint density at radius 3 is 2.67 bits per heavy atom. The fraction of sp³-hybridized carbons (Fsp3) is 0.448. The van der Waals surface area contributed by atoms with E-state index in [2.05, 4.69) is 40.8 Å². The molecule has 1 aliphatic rings. The second-order valence-corrected chi connectivity index (χ2v) is 10.5. The zero-order valence-corrected chi connectivity index (χ0v) is 23.8. The second kappa shape index (κ2) is 12.8. The third-order valence-corrected chi connectivity index (χ3v) is 6.77. The number of hydrogen-bond acceptors (Lipinski definition) is 9. The van der Waals surface area contributed by atoms with Crippen LogP contribution in [0.2, 0.25) is 0 Å². The number of amides is 1. The van der Waals surface area contributed by atoms with E-state index in [9.17, 15) is 4.79 Å². The van der Waals surface area contributed by atoms with Crippen molar-refractivity contribution in [3.8, 4) is 5.75 Å². The number of hydrogen-bond donors (Lipinski definition) is 3. The molecule has 1 aliphatic heterocycles. The predicted molar refractivity (Wildman–Crippen MR) is 156 cm³/mol. The van der Waals surface area contributed by atoms with Gasteiger partial charge in [-0.15, -0.1) is 0 Å². The number of carbonyl (C=O) groups excluding carboxylic acids is 1. The molecule has 0 bridgehead atoms. The lowest BCUT2D eigenvalue weighted by Crippen LogP contribution is -2.28. The molecule has 0 unspecified atom stereocenters. The highest BCUT2D eigenvalue weighted by Gasteiger charge is 2.25. The van der Waals surface area contributed by atoms with Crippen LogP contribution in [0.5, 0.6) is 5.75 Å². The van der Waals surface area contributed by atoms with Crippen molar-refractivity contribution in [3.63, 3.8) is 0 Å². The first-order valence-corrected chi connectivity index (χ1v) is 13.4. The monoisotopic (exact) mass is 532 g/mol. The van der Waals surface area contributed by atoms with Gasteiger partial charge in [-0.1, -0.05) is 38.1 Å². The predicted octanol–water partition coefficient (Wildman–Crippen LogP) is 4.07. The summed E-state index contributed by atoms with van der Waals surface area (Å²) in [6.45, 7) is 9.79. The first-order valence-electron chi connectivity index (χ1n) is 13.4. The Balaban J connectivity index is 1.53. The maximum absolute atomic E-state index is 12.2. The van der Waals surface area contributed by atoms with Crippen molar-refractivity contribution < 1.29 is 9.53 Å². The zero-order valence-electron chi connectivity index (χ0n) is 23.8. The summed E-state index contributed by atoms with van der Waals surface area (Å²) >= 11 is 0. The van der Waals surface area contributed by atoms with Gasteiger partial charge >= 0.3 is 0 Å². The Morgan fingerprint density at radius 1 is 1.15 bits per heavy atom. The number of benzene rings is 2. The molecule has 4 rings (SSSR count). The molecule has 2 aromatic carbocycles. The van der Waals surface area contributed by atoms with E-state index in [1.54, 1.807) is 20.2 Å². The minimum atomic E-state index is -0.146. The molecule has 1 fully saturated rings. The van der Waals surface area contributed by atoms with Gasteiger partial charge in [0.25, 0.3) is 5.91 Å². The minimum Gasteiger partial charge on any atom is -0.496 e. The number of ether oxygens (including phenoxy) is 1. The van der Waals surface area contributed by atoms with Crippen molar-refractivity contribution >= 4 is 29.4 Å². The molecule has 208 valence electrons. The maximum atomic E-state index is 12.2. The van der Waals surface area contributed by atoms with E-state index >= 15 is 0 Å². The summed E-state index contributed by atoms with van der Waals surface area (Å²) in [6.07, 6.45) is 0.980. The van der Waals surface area contributed by atoms with Crippen LogP contribution in [0.3, 0.4) is 0 Å². The van der Waals surface area contributed by atoms with Gasteiger partial charge in [0, 0.05) is 63.1 Å². The van der Waals surface area contributed by atoms with E-state index in [0.29, 0.717) is 29.3 Å². The van der Waals surface area contributed by atoms with Crippen LogP contribution >= 0.6 is 0 Å². The van der Waals surface area contributed by atoms with Gasteiger partial charge in [-0.2, -0.15) is 15.0 Å². The molecule has 0 saturated carbocycles. The topological polar surface area (TPSA) is 108 Å². The molecule has 0 radical (unpaired) electrons. The fourth-order valence-electron chi connectivity index (χ4n) is 4.80. The minimum absolute atomic E-state index is 0.146. The summed E-state index contributed by atoms with van der Waals surface area (Å²) in [7, 11) is 5.32. The van der Waals surface area contributed by atoms with Gasteiger partial charge in [-0.25, -0.2) is 0 Å². The van der Waals surface area contributed by atoms with Crippen LogP contribution in [0.15, 0.2) is 42.5 Å². The lowest BCUT2D eigenvalue weighted by atomic mass is 10.1. The van der Waals surface area contributed by atoms with E-state index in [-0.39, 0.29) is 11.9 Å². The summed E-state index contributed by atoms with van der Waals surface area (Å²) < 4.78 is 5.54. The van der Waals surface area contributed by atoms with E-state index < -0.39 is 0 Å². The highest BCUT2D eigenvalue weighted by atomic mass is 16.5. The number of aryl methyl sites for hydroxylation is 1. The van der Waals surface area contributed by atoms with Gasteiger partial charge in [-0.3, -0.25) is 9.69 Å². The summed E-state index contributed by atoms with van der Waals surface area (Å²) in [5.41, 5.74) is 3.50. The number of carbonyl (C=O) groups is 1. The Labute approximate surface area is 231 Å². The maximum Gasteiger partial charge on any atom is 0.251 e. The average Bonchev–Trinajstić information content (AvgIpc) is 3.35. The van der Waals surface area contributed by atoms with E-state index in [1.165, 1.54) is 5.56 Å². The van der Waals surface area contributed by atoms with Crippen LogP contribution in [0, 0.1) is 12.8 Å². The van der Waals surface area contributed by atoms with Crippen LogP contribution < -0.4 is 25.6 Å². The molecular weight excluding hydrogens is 492 g/mol. The molecule has 1 aromatic heterocycles. The van der Waals surface area contributed by atoms with E-state index in [4.69, 9.17) is 19.7 Å². The first-order chi connectivity index (χ1) is 18.7. The van der Waals surface area contributed by atoms with Crippen molar-refractivity contribution in [1.29, 1.82) is 0 Å². The van der Waals surface area contributed by atoms with Gasteiger partial charge in [0.2, 0.25) is 17.8 Å². The Morgan fingerprint density at radius 2 is 1.92 bits per heavy atom. The van der Waals surface area contributed by atoms with Crippen molar-refractivity contribution in [2.75, 3.05) is 56.4 Å². The largest absolute Gasteiger partial charge is 0.496 e. The van der Waals surface area contributed by atoms with Crippen LogP contribution in [0.4, 0.5) is 23.5 Å². The Hall–Kier alpha value is -3.92. The number of para-hydroxylation sites is 1. The van der Waals surface area contributed by atoms with Crippen LogP contribution in [-0.2, 0) is 6.54 Å². The molecule has 3 N–H and O–H groups in total. The highest BCUT2D eigenvalue weighted by molar-refractivity contribution is 5.95. The molecule has 2 heterocycles. The normalized spacial score (nSPS) is 15.3. The van der Waals surface area contributed by atoms with Gasteiger partial charge in [0.05, 0.1) is 7.11 Å². The van der Waals surface area contributed by atoms with Crippen LogP contribution in [0.25, 0.3) is 0 Å². The average molecular weight is 533 g/mol. The summed E-state index contributed by atoms with van der Waals surface area (Å²) in [6, 6.07) is 13.9. The van der Waals surface area contributed by atoms with Crippen molar-refractivity contribution in [1.82, 2.24) is 25.2 Å². The number of anilines is 4. The van der Waals surface area contributed by atoms with Gasteiger partial charge in [0.1, 0.15) is 5.75 Å². The number of nitrogens with one attached hydrogen (secondary N) is 3. The van der Waals surface area contributed by atoms with Gasteiger partial charge in [-0.05, 0) is 43.0 Å². The summed E-state index contributed by atoms with van der Waals surface area (Å²) in [4.78, 5) is 30.8. The van der Waals surface area contributed by atoms with Crippen molar-refractivity contribution in [2.24, 2.45) is 5.92 Å².